The van der Waals surface area contributed by atoms with Gasteiger partial charge in [0.2, 0.25) is 9.84 Å². The Balaban J connectivity index is 0.00000208. The molecule has 0 saturated carbocycles. The third kappa shape index (κ3) is 4.16. The van der Waals surface area contributed by atoms with Crippen molar-refractivity contribution in [1.29, 1.82) is 0 Å². The van der Waals surface area contributed by atoms with Crippen LogP contribution in [0, 0.1) is 0 Å². The molecule has 130 valence electrons. The highest BCUT2D eigenvalue weighted by Crippen LogP contribution is 2.27. The van der Waals surface area contributed by atoms with Crippen LogP contribution in [0.2, 0.25) is 0 Å². The zero-order valence-corrected chi connectivity index (χ0v) is 15.3. The number of amides is 1. The van der Waals surface area contributed by atoms with Crippen LogP contribution in [0.25, 0.3) is 0 Å². The maximum atomic E-state index is 12.5. The van der Waals surface area contributed by atoms with Gasteiger partial charge in [0.1, 0.15) is 4.21 Å². The van der Waals surface area contributed by atoms with Crippen LogP contribution in [0.15, 0.2) is 51.6 Å². The number of rotatable bonds is 5. The minimum atomic E-state index is -3.56. The van der Waals surface area contributed by atoms with E-state index in [4.69, 9.17) is 0 Å². The summed E-state index contributed by atoms with van der Waals surface area (Å²) in [7, 11) is -3.56. The molecule has 1 aromatic heterocycles. The Morgan fingerprint density at radius 3 is 2.62 bits per heavy atom. The Morgan fingerprint density at radius 1 is 1.21 bits per heavy atom. The normalized spacial score (nSPS) is 17.2. The second-order valence-corrected chi connectivity index (χ2v) is 8.70. The summed E-state index contributed by atoms with van der Waals surface area (Å²) in [5, 5.41) is 6.17. The van der Waals surface area contributed by atoms with E-state index < -0.39 is 9.84 Å². The first-order chi connectivity index (χ1) is 11.1. The predicted octanol–water partition coefficient (Wildman–Crippen LogP) is 2.48. The van der Waals surface area contributed by atoms with Gasteiger partial charge in [0.15, 0.2) is 0 Å². The predicted molar refractivity (Wildman–Crippen MR) is 96.8 cm³/mol. The zero-order chi connectivity index (χ0) is 16.3. The van der Waals surface area contributed by atoms with Gasteiger partial charge in [-0.05, 0) is 43.7 Å². The number of hydrogen-bond donors (Lipinski definition) is 2. The van der Waals surface area contributed by atoms with E-state index >= 15 is 0 Å². The molecule has 0 bridgehead atoms. The first-order valence-corrected chi connectivity index (χ1v) is 9.79. The lowest BCUT2D eigenvalue weighted by Gasteiger charge is -2.10. The summed E-state index contributed by atoms with van der Waals surface area (Å²) in [6, 6.07) is 11.6. The zero-order valence-electron chi connectivity index (χ0n) is 12.9. The molecule has 0 spiro atoms. The molecule has 1 saturated heterocycles. The third-order valence-corrected chi connectivity index (χ3v) is 7.14. The van der Waals surface area contributed by atoms with E-state index in [1.807, 2.05) is 0 Å². The van der Waals surface area contributed by atoms with E-state index in [0.29, 0.717) is 17.5 Å². The smallest absolute Gasteiger partial charge is 0.261 e. The number of hydrogen-bond acceptors (Lipinski definition) is 5. The van der Waals surface area contributed by atoms with E-state index in [0.717, 1.165) is 30.7 Å². The Hall–Kier alpha value is -1.41. The molecule has 1 atom stereocenters. The molecular weight excluding hydrogens is 368 g/mol. The Labute approximate surface area is 151 Å². The summed E-state index contributed by atoms with van der Waals surface area (Å²) >= 11 is 1.00. The van der Waals surface area contributed by atoms with Crippen LogP contribution in [0.3, 0.4) is 0 Å². The highest BCUT2D eigenvalue weighted by atomic mass is 35.5. The standard InChI is InChI=1S/C16H18N2O3S2.ClH/c19-16(18-11-12-5-4-10-17-12)14-8-9-15(22-14)23(20,21)13-6-2-1-3-7-13;/h1-3,6-9,12,17H,4-5,10-11H2,(H,18,19);1H. The third-order valence-electron chi connectivity index (χ3n) is 3.79. The van der Waals surface area contributed by atoms with Crippen molar-refractivity contribution in [2.75, 3.05) is 13.1 Å². The average molecular weight is 387 g/mol. The van der Waals surface area contributed by atoms with Crippen LogP contribution in [0.1, 0.15) is 22.5 Å². The lowest BCUT2D eigenvalue weighted by molar-refractivity contribution is 0.0954. The summed E-state index contributed by atoms with van der Waals surface area (Å²) in [4.78, 5) is 12.8. The number of nitrogens with one attached hydrogen (secondary N) is 2. The molecule has 1 amide bonds. The second-order valence-electron chi connectivity index (χ2n) is 5.44. The lowest BCUT2D eigenvalue weighted by Crippen LogP contribution is -2.36. The van der Waals surface area contributed by atoms with E-state index in [-0.39, 0.29) is 27.4 Å². The molecule has 0 aliphatic carbocycles. The van der Waals surface area contributed by atoms with Gasteiger partial charge in [-0.15, -0.1) is 23.7 Å². The molecule has 3 rings (SSSR count). The number of benzene rings is 1. The molecule has 1 aliphatic heterocycles. The quantitative estimate of drug-likeness (QED) is 0.827. The van der Waals surface area contributed by atoms with Gasteiger partial charge in [0.05, 0.1) is 9.77 Å². The molecule has 2 heterocycles. The van der Waals surface area contributed by atoms with Gasteiger partial charge in [-0.2, -0.15) is 0 Å². The van der Waals surface area contributed by atoms with E-state index in [9.17, 15) is 13.2 Å². The maximum Gasteiger partial charge on any atom is 0.261 e. The Kier molecular flexibility index (Phi) is 6.40. The van der Waals surface area contributed by atoms with Gasteiger partial charge in [-0.1, -0.05) is 18.2 Å². The first-order valence-electron chi connectivity index (χ1n) is 7.49. The van der Waals surface area contributed by atoms with Crippen molar-refractivity contribution in [3.63, 3.8) is 0 Å². The molecular formula is C16H19ClN2O3S2. The van der Waals surface area contributed by atoms with Gasteiger partial charge in [-0.25, -0.2) is 8.42 Å². The number of carbonyl (C=O) groups excluding carboxylic acids is 1. The second kappa shape index (κ2) is 8.11. The first kappa shape index (κ1) is 18.9. The van der Waals surface area contributed by atoms with Crippen molar-refractivity contribution >= 4 is 39.5 Å². The monoisotopic (exact) mass is 386 g/mol. The molecule has 2 N–H and O–H groups in total. The minimum Gasteiger partial charge on any atom is -0.350 e. The fourth-order valence-electron chi connectivity index (χ4n) is 2.54. The van der Waals surface area contributed by atoms with Crippen molar-refractivity contribution in [3.05, 3.63) is 47.3 Å². The highest BCUT2D eigenvalue weighted by molar-refractivity contribution is 7.93. The van der Waals surface area contributed by atoms with E-state index in [2.05, 4.69) is 10.6 Å². The van der Waals surface area contributed by atoms with Crippen molar-refractivity contribution in [2.45, 2.75) is 28.0 Å². The van der Waals surface area contributed by atoms with Crippen molar-refractivity contribution in [3.8, 4) is 0 Å². The largest absolute Gasteiger partial charge is 0.350 e. The lowest BCUT2D eigenvalue weighted by atomic mass is 10.2. The topological polar surface area (TPSA) is 75.3 Å². The van der Waals surface area contributed by atoms with Crippen LogP contribution < -0.4 is 10.6 Å². The summed E-state index contributed by atoms with van der Waals surface area (Å²) in [6.45, 7) is 1.55. The summed E-state index contributed by atoms with van der Waals surface area (Å²) in [6.07, 6.45) is 2.18. The molecule has 1 aliphatic rings. The van der Waals surface area contributed by atoms with Gasteiger partial charge in [-0.3, -0.25) is 4.79 Å². The molecule has 1 unspecified atom stereocenters. The number of halogens is 1. The molecule has 5 nitrogen and oxygen atoms in total. The van der Waals surface area contributed by atoms with Crippen LogP contribution in [0.5, 0.6) is 0 Å². The molecule has 1 fully saturated rings. The highest BCUT2D eigenvalue weighted by Gasteiger charge is 2.22. The van der Waals surface area contributed by atoms with Crippen molar-refractivity contribution < 1.29 is 13.2 Å². The maximum absolute atomic E-state index is 12.5. The van der Waals surface area contributed by atoms with Gasteiger partial charge in [0, 0.05) is 12.6 Å². The van der Waals surface area contributed by atoms with Crippen LogP contribution in [-0.2, 0) is 9.84 Å². The van der Waals surface area contributed by atoms with Crippen molar-refractivity contribution in [2.24, 2.45) is 0 Å². The van der Waals surface area contributed by atoms with Crippen LogP contribution in [-0.4, -0.2) is 33.5 Å². The molecule has 1 aromatic carbocycles. The van der Waals surface area contributed by atoms with Gasteiger partial charge < -0.3 is 10.6 Å². The van der Waals surface area contributed by atoms with Crippen molar-refractivity contribution in [1.82, 2.24) is 10.6 Å². The summed E-state index contributed by atoms with van der Waals surface area (Å²) in [5.74, 6) is -0.224. The fraction of sp³-hybridized carbons (Fsp3) is 0.312. The Bertz CT molecular complexity index is 785. The van der Waals surface area contributed by atoms with E-state index in [1.165, 1.54) is 6.07 Å². The molecule has 2 aromatic rings. The fourth-order valence-corrected chi connectivity index (χ4v) is 5.18. The SMILES string of the molecule is Cl.O=C(NCC1CCCN1)c1ccc(S(=O)(=O)c2ccccc2)s1. The number of sulfone groups is 1. The summed E-state index contributed by atoms with van der Waals surface area (Å²) in [5.41, 5.74) is 0. The van der Waals surface area contributed by atoms with Gasteiger partial charge >= 0.3 is 0 Å². The molecule has 24 heavy (non-hydrogen) atoms. The molecule has 8 heteroatoms. The molecule has 0 radical (unpaired) electrons. The number of thiophene rings is 1. The average Bonchev–Trinajstić information content (AvgIpc) is 3.25. The van der Waals surface area contributed by atoms with E-state index in [1.54, 1.807) is 36.4 Å². The van der Waals surface area contributed by atoms with Crippen LogP contribution >= 0.6 is 23.7 Å². The Morgan fingerprint density at radius 2 is 1.96 bits per heavy atom. The summed E-state index contributed by atoms with van der Waals surface area (Å²) < 4.78 is 25.2. The number of carbonyl (C=O) groups is 1. The minimum absolute atomic E-state index is 0. The van der Waals surface area contributed by atoms with Gasteiger partial charge in [0.25, 0.3) is 5.91 Å². The van der Waals surface area contributed by atoms with Crippen LogP contribution in [0.4, 0.5) is 0 Å².